The lowest BCUT2D eigenvalue weighted by atomic mass is 10.4. The SMILES string of the molecule is Cc1cnn(-c2cccnn2)c1. The minimum Gasteiger partial charge on any atom is -0.221 e. The fourth-order valence-electron chi connectivity index (χ4n) is 0.954. The van der Waals surface area contributed by atoms with Crippen LogP contribution in [0.3, 0.4) is 0 Å². The van der Waals surface area contributed by atoms with Gasteiger partial charge < -0.3 is 0 Å². The third-order valence-corrected chi connectivity index (χ3v) is 1.50. The fourth-order valence-corrected chi connectivity index (χ4v) is 0.954. The summed E-state index contributed by atoms with van der Waals surface area (Å²) in [6.45, 7) is 1.99. The summed E-state index contributed by atoms with van der Waals surface area (Å²) in [5.74, 6) is 0.741. The van der Waals surface area contributed by atoms with Gasteiger partial charge in [0.2, 0.25) is 0 Å². The maximum atomic E-state index is 4.10. The molecule has 0 fully saturated rings. The highest BCUT2D eigenvalue weighted by atomic mass is 15.3. The second kappa shape index (κ2) is 2.73. The molecule has 0 atom stereocenters. The molecule has 0 saturated heterocycles. The number of hydrogen-bond donors (Lipinski definition) is 0. The first kappa shape index (κ1) is 6.97. The van der Waals surface area contributed by atoms with Gasteiger partial charge in [-0.3, -0.25) is 0 Å². The Morgan fingerprint density at radius 2 is 2.33 bits per heavy atom. The van der Waals surface area contributed by atoms with E-state index in [0.717, 1.165) is 11.4 Å². The van der Waals surface area contributed by atoms with Crippen LogP contribution >= 0.6 is 0 Å². The summed E-state index contributed by atoms with van der Waals surface area (Å²) >= 11 is 0. The highest BCUT2D eigenvalue weighted by molar-refractivity contribution is 5.19. The molecule has 2 heterocycles. The largest absolute Gasteiger partial charge is 0.221 e. The molecule has 0 spiro atoms. The lowest BCUT2D eigenvalue weighted by Crippen LogP contribution is -1.97. The minimum absolute atomic E-state index is 0.741. The summed E-state index contributed by atoms with van der Waals surface area (Å²) in [6, 6.07) is 3.69. The molecular weight excluding hydrogens is 152 g/mol. The molecule has 0 unspecified atom stereocenters. The van der Waals surface area contributed by atoms with Gasteiger partial charge >= 0.3 is 0 Å². The van der Waals surface area contributed by atoms with Crippen LogP contribution in [0.1, 0.15) is 5.56 Å². The average Bonchev–Trinajstić information content (AvgIpc) is 2.54. The summed E-state index contributed by atoms with van der Waals surface area (Å²) in [4.78, 5) is 0. The van der Waals surface area contributed by atoms with Crippen molar-refractivity contribution >= 4 is 0 Å². The zero-order valence-electron chi connectivity index (χ0n) is 6.68. The van der Waals surface area contributed by atoms with Crippen molar-refractivity contribution in [2.24, 2.45) is 0 Å². The Hall–Kier alpha value is -1.71. The van der Waals surface area contributed by atoms with E-state index in [0.29, 0.717) is 0 Å². The molecule has 2 aromatic heterocycles. The number of rotatable bonds is 1. The normalized spacial score (nSPS) is 10.1. The van der Waals surface area contributed by atoms with Crippen LogP contribution in [0.4, 0.5) is 0 Å². The zero-order chi connectivity index (χ0) is 8.39. The molecule has 0 aromatic carbocycles. The molecule has 0 N–H and O–H groups in total. The Morgan fingerprint density at radius 1 is 1.42 bits per heavy atom. The summed E-state index contributed by atoms with van der Waals surface area (Å²) in [5, 5.41) is 11.8. The van der Waals surface area contributed by atoms with Crippen molar-refractivity contribution < 1.29 is 0 Å². The van der Waals surface area contributed by atoms with E-state index >= 15 is 0 Å². The van der Waals surface area contributed by atoms with Crippen molar-refractivity contribution in [2.75, 3.05) is 0 Å². The van der Waals surface area contributed by atoms with E-state index in [1.165, 1.54) is 0 Å². The second-order valence-corrected chi connectivity index (χ2v) is 2.54. The third-order valence-electron chi connectivity index (χ3n) is 1.50. The Labute approximate surface area is 69.9 Å². The topological polar surface area (TPSA) is 43.6 Å². The highest BCUT2D eigenvalue weighted by Gasteiger charge is 1.97. The van der Waals surface area contributed by atoms with Crippen molar-refractivity contribution in [3.63, 3.8) is 0 Å². The van der Waals surface area contributed by atoms with Crippen LogP contribution in [0.25, 0.3) is 5.82 Å². The molecule has 4 nitrogen and oxygen atoms in total. The number of aromatic nitrogens is 4. The maximum Gasteiger partial charge on any atom is 0.175 e. The van der Waals surface area contributed by atoms with E-state index in [9.17, 15) is 0 Å². The van der Waals surface area contributed by atoms with Gasteiger partial charge in [0.05, 0.1) is 6.20 Å². The first-order chi connectivity index (χ1) is 5.86. The summed E-state index contributed by atoms with van der Waals surface area (Å²) in [6.07, 6.45) is 5.33. The highest BCUT2D eigenvalue weighted by Crippen LogP contribution is 2.01. The maximum absolute atomic E-state index is 4.10. The first-order valence-corrected chi connectivity index (χ1v) is 3.65. The number of hydrogen-bond acceptors (Lipinski definition) is 3. The first-order valence-electron chi connectivity index (χ1n) is 3.65. The number of aryl methyl sites for hydroxylation is 1. The van der Waals surface area contributed by atoms with Crippen LogP contribution in [-0.4, -0.2) is 20.0 Å². The van der Waals surface area contributed by atoms with E-state index in [1.54, 1.807) is 17.1 Å². The lowest BCUT2D eigenvalue weighted by Gasteiger charge is -1.95. The molecule has 0 bridgehead atoms. The predicted octanol–water partition coefficient (Wildman–Crippen LogP) is 0.971. The van der Waals surface area contributed by atoms with Crippen molar-refractivity contribution in [3.05, 3.63) is 36.3 Å². The van der Waals surface area contributed by atoms with Crippen molar-refractivity contribution in [1.29, 1.82) is 0 Å². The van der Waals surface area contributed by atoms with Crippen LogP contribution in [0, 0.1) is 6.92 Å². The lowest BCUT2D eigenvalue weighted by molar-refractivity contribution is 0.814. The molecule has 0 aliphatic heterocycles. The zero-order valence-corrected chi connectivity index (χ0v) is 6.68. The van der Waals surface area contributed by atoms with Crippen LogP contribution in [0.15, 0.2) is 30.7 Å². The van der Waals surface area contributed by atoms with Crippen molar-refractivity contribution in [1.82, 2.24) is 20.0 Å². The van der Waals surface area contributed by atoms with E-state index in [1.807, 2.05) is 25.3 Å². The smallest absolute Gasteiger partial charge is 0.175 e. The molecule has 0 aliphatic carbocycles. The molecule has 0 aliphatic rings. The Kier molecular flexibility index (Phi) is 1.59. The van der Waals surface area contributed by atoms with E-state index in [4.69, 9.17) is 0 Å². The summed E-state index contributed by atoms with van der Waals surface area (Å²) < 4.78 is 1.70. The molecule has 0 saturated carbocycles. The van der Waals surface area contributed by atoms with Crippen LogP contribution in [0.2, 0.25) is 0 Å². The standard InChI is InChI=1S/C8H8N4/c1-7-5-10-12(6-7)8-3-2-4-9-11-8/h2-6H,1H3. The summed E-state index contributed by atoms with van der Waals surface area (Å²) in [5.41, 5.74) is 1.11. The molecule has 2 aromatic rings. The molecule has 2 rings (SSSR count). The quantitative estimate of drug-likeness (QED) is 0.624. The molecule has 60 valence electrons. The molecule has 0 radical (unpaired) electrons. The van der Waals surface area contributed by atoms with Gasteiger partial charge in [-0.25, -0.2) is 4.68 Å². The molecule has 0 amide bonds. The van der Waals surface area contributed by atoms with Crippen LogP contribution < -0.4 is 0 Å². The number of nitrogens with zero attached hydrogens (tertiary/aromatic N) is 4. The van der Waals surface area contributed by atoms with E-state index in [-0.39, 0.29) is 0 Å². The second-order valence-electron chi connectivity index (χ2n) is 2.54. The van der Waals surface area contributed by atoms with Gasteiger partial charge in [0.1, 0.15) is 0 Å². The van der Waals surface area contributed by atoms with Crippen LogP contribution in [0.5, 0.6) is 0 Å². The fraction of sp³-hybridized carbons (Fsp3) is 0.125. The molecular formula is C8H8N4. The minimum atomic E-state index is 0.741. The van der Waals surface area contributed by atoms with Crippen LogP contribution in [-0.2, 0) is 0 Å². The van der Waals surface area contributed by atoms with E-state index < -0.39 is 0 Å². The Morgan fingerprint density at radius 3 is 2.92 bits per heavy atom. The van der Waals surface area contributed by atoms with Gasteiger partial charge in [-0.15, -0.1) is 5.10 Å². The van der Waals surface area contributed by atoms with Gasteiger partial charge in [-0.1, -0.05) is 0 Å². The third kappa shape index (κ3) is 1.18. The van der Waals surface area contributed by atoms with Crippen molar-refractivity contribution in [3.8, 4) is 5.82 Å². The van der Waals surface area contributed by atoms with Gasteiger partial charge in [-0.05, 0) is 24.6 Å². The van der Waals surface area contributed by atoms with Gasteiger partial charge in [0.25, 0.3) is 0 Å². The van der Waals surface area contributed by atoms with Gasteiger partial charge in [0.15, 0.2) is 5.82 Å². The average molecular weight is 160 g/mol. The van der Waals surface area contributed by atoms with Gasteiger partial charge in [0, 0.05) is 12.4 Å². The van der Waals surface area contributed by atoms with Gasteiger partial charge in [-0.2, -0.15) is 10.2 Å². The predicted molar refractivity (Wildman–Crippen MR) is 43.9 cm³/mol. The molecule has 4 heteroatoms. The van der Waals surface area contributed by atoms with E-state index in [2.05, 4.69) is 15.3 Å². The monoisotopic (exact) mass is 160 g/mol. The van der Waals surface area contributed by atoms with Crippen molar-refractivity contribution in [2.45, 2.75) is 6.92 Å². The Balaban J connectivity index is 2.45. The molecule has 12 heavy (non-hydrogen) atoms. The summed E-state index contributed by atoms with van der Waals surface area (Å²) in [7, 11) is 0. The Bertz CT molecular complexity index is 366.